The van der Waals surface area contributed by atoms with Crippen molar-refractivity contribution in [2.45, 2.75) is 33.2 Å². The van der Waals surface area contributed by atoms with Gasteiger partial charge < -0.3 is 9.88 Å². The Balaban J connectivity index is 1.46. The summed E-state index contributed by atoms with van der Waals surface area (Å²) >= 11 is 1.70. The summed E-state index contributed by atoms with van der Waals surface area (Å²) in [5.74, 6) is 0.0628. The molecule has 0 fully saturated rings. The van der Waals surface area contributed by atoms with E-state index in [0.717, 1.165) is 28.2 Å². The molecule has 0 spiro atoms. The number of thiazole rings is 1. The molecule has 0 radical (unpaired) electrons. The van der Waals surface area contributed by atoms with Gasteiger partial charge in [-0.3, -0.25) is 4.79 Å². The molecule has 1 N–H and O–H groups in total. The molecule has 0 atom stereocenters. The molecule has 2 heterocycles. The molecule has 0 unspecified atom stereocenters. The minimum Gasteiger partial charge on any atom is -0.356 e. The fourth-order valence-corrected chi connectivity index (χ4v) is 3.39. The lowest BCUT2D eigenvalue weighted by molar-refractivity contribution is -0.121. The Labute approximate surface area is 139 Å². The van der Waals surface area contributed by atoms with E-state index < -0.39 is 0 Å². The number of amides is 1. The highest BCUT2D eigenvalue weighted by Crippen LogP contribution is 2.16. The van der Waals surface area contributed by atoms with Crippen LogP contribution in [0.25, 0.3) is 11.0 Å². The smallest absolute Gasteiger partial charge is 0.221 e. The fourth-order valence-electron chi connectivity index (χ4n) is 2.45. The summed E-state index contributed by atoms with van der Waals surface area (Å²) in [7, 11) is 0. The lowest BCUT2D eigenvalue weighted by Gasteiger charge is -2.06. The second kappa shape index (κ2) is 6.91. The molecule has 23 heavy (non-hydrogen) atoms. The summed E-state index contributed by atoms with van der Waals surface area (Å²) in [6.45, 7) is 5.37. The molecule has 1 aromatic carbocycles. The van der Waals surface area contributed by atoms with Crippen LogP contribution in [0.15, 0.2) is 30.6 Å². The summed E-state index contributed by atoms with van der Waals surface area (Å²) in [6.07, 6.45) is 3.04. The lowest BCUT2D eigenvalue weighted by Crippen LogP contribution is -2.26. The number of carbonyl (C=O) groups excluding carboxylic acids is 1. The van der Waals surface area contributed by atoms with Crippen molar-refractivity contribution in [2.24, 2.45) is 0 Å². The number of imidazole rings is 1. The zero-order valence-electron chi connectivity index (χ0n) is 13.4. The molecule has 0 saturated heterocycles. The number of aromatic nitrogens is 3. The Kier molecular flexibility index (Phi) is 4.71. The molecule has 120 valence electrons. The molecule has 0 aliphatic rings. The summed E-state index contributed by atoms with van der Waals surface area (Å²) < 4.78 is 2.02. The average molecular weight is 328 g/mol. The number of para-hydroxylation sites is 2. The van der Waals surface area contributed by atoms with E-state index in [0.29, 0.717) is 19.5 Å². The van der Waals surface area contributed by atoms with Gasteiger partial charge >= 0.3 is 0 Å². The van der Waals surface area contributed by atoms with Crippen molar-refractivity contribution in [2.75, 3.05) is 6.54 Å². The van der Waals surface area contributed by atoms with Crippen molar-refractivity contribution >= 4 is 28.3 Å². The number of carbonyl (C=O) groups is 1. The molecule has 3 aromatic rings. The number of hydrogen-bond acceptors (Lipinski definition) is 4. The van der Waals surface area contributed by atoms with Gasteiger partial charge in [0.25, 0.3) is 0 Å². The van der Waals surface area contributed by atoms with Crippen LogP contribution in [0.1, 0.15) is 22.0 Å². The van der Waals surface area contributed by atoms with Gasteiger partial charge in [0.2, 0.25) is 5.91 Å². The van der Waals surface area contributed by atoms with Crippen molar-refractivity contribution in [3.63, 3.8) is 0 Å². The number of fused-ring (bicyclic) bond motifs is 1. The maximum absolute atomic E-state index is 12.0. The van der Waals surface area contributed by atoms with Crippen LogP contribution in [0.2, 0.25) is 0 Å². The van der Waals surface area contributed by atoms with Gasteiger partial charge in [0.1, 0.15) is 0 Å². The van der Waals surface area contributed by atoms with E-state index >= 15 is 0 Å². The molecule has 6 heteroatoms. The number of benzene rings is 1. The third kappa shape index (κ3) is 3.76. The molecular weight excluding hydrogens is 308 g/mol. The first-order valence-corrected chi connectivity index (χ1v) is 8.54. The van der Waals surface area contributed by atoms with E-state index in [4.69, 9.17) is 0 Å². The highest BCUT2D eigenvalue weighted by Gasteiger charge is 2.07. The topological polar surface area (TPSA) is 59.8 Å². The van der Waals surface area contributed by atoms with Gasteiger partial charge in [-0.1, -0.05) is 12.1 Å². The van der Waals surface area contributed by atoms with Crippen LogP contribution in [-0.4, -0.2) is 27.0 Å². The number of rotatable bonds is 6. The molecule has 1 amide bonds. The van der Waals surface area contributed by atoms with Crippen molar-refractivity contribution in [1.29, 1.82) is 0 Å². The number of aryl methyl sites for hydroxylation is 3. The Morgan fingerprint density at radius 1 is 1.30 bits per heavy atom. The molecular formula is C17H20N4OS. The monoisotopic (exact) mass is 328 g/mol. The van der Waals surface area contributed by atoms with Crippen LogP contribution < -0.4 is 5.32 Å². The van der Waals surface area contributed by atoms with Crippen LogP contribution in [0.3, 0.4) is 0 Å². The molecule has 0 bridgehead atoms. The number of hydrogen-bond donors (Lipinski definition) is 1. The number of nitrogens with one attached hydrogen (secondary N) is 1. The van der Waals surface area contributed by atoms with E-state index in [9.17, 15) is 4.79 Å². The van der Waals surface area contributed by atoms with Crippen LogP contribution in [-0.2, 0) is 17.8 Å². The van der Waals surface area contributed by atoms with E-state index in [-0.39, 0.29) is 5.91 Å². The third-order valence-electron chi connectivity index (χ3n) is 3.84. The second-order valence-electron chi connectivity index (χ2n) is 5.53. The number of nitrogens with zero attached hydrogens (tertiary/aromatic N) is 3. The van der Waals surface area contributed by atoms with Gasteiger partial charge in [-0.15, -0.1) is 11.3 Å². The van der Waals surface area contributed by atoms with Gasteiger partial charge in [0.05, 0.1) is 28.1 Å². The van der Waals surface area contributed by atoms with E-state index in [1.165, 1.54) is 4.88 Å². The maximum atomic E-state index is 12.0. The molecule has 0 saturated carbocycles. The Bertz CT molecular complexity index is 801. The summed E-state index contributed by atoms with van der Waals surface area (Å²) in [5.41, 5.74) is 3.11. The minimum atomic E-state index is 0.0628. The standard InChI is InChI=1S/C17H20N4OS/c1-12-13(2)23-17(20-12)7-9-18-16(22)8-10-21-11-19-14-5-3-4-6-15(14)21/h3-6,11H,7-10H2,1-2H3,(H,18,22). The van der Waals surface area contributed by atoms with Crippen LogP contribution >= 0.6 is 11.3 Å². The minimum absolute atomic E-state index is 0.0628. The second-order valence-corrected chi connectivity index (χ2v) is 6.81. The summed E-state index contributed by atoms with van der Waals surface area (Å²) in [6, 6.07) is 7.95. The van der Waals surface area contributed by atoms with Crippen LogP contribution in [0.4, 0.5) is 0 Å². The molecule has 3 rings (SSSR count). The predicted octanol–water partition coefficient (Wildman–Crippen LogP) is 2.86. The molecule has 0 aliphatic heterocycles. The van der Waals surface area contributed by atoms with Gasteiger partial charge in [-0.05, 0) is 26.0 Å². The first-order valence-electron chi connectivity index (χ1n) is 7.73. The largest absolute Gasteiger partial charge is 0.356 e. The SMILES string of the molecule is Cc1nc(CCNC(=O)CCn2cnc3ccccc32)sc1C. The zero-order valence-corrected chi connectivity index (χ0v) is 14.2. The fraction of sp³-hybridized carbons (Fsp3) is 0.353. The van der Waals surface area contributed by atoms with Crippen molar-refractivity contribution in [3.8, 4) is 0 Å². The average Bonchev–Trinajstić information content (AvgIpc) is 3.09. The maximum Gasteiger partial charge on any atom is 0.221 e. The first kappa shape index (κ1) is 15.7. The lowest BCUT2D eigenvalue weighted by atomic mass is 10.3. The van der Waals surface area contributed by atoms with Gasteiger partial charge in [0.15, 0.2) is 0 Å². The quantitative estimate of drug-likeness (QED) is 0.757. The van der Waals surface area contributed by atoms with E-state index in [1.807, 2.05) is 35.8 Å². The Morgan fingerprint density at radius 2 is 2.13 bits per heavy atom. The van der Waals surface area contributed by atoms with Gasteiger partial charge in [-0.25, -0.2) is 9.97 Å². The Morgan fingerprint density at radius 3 is 2.91 bits per heavy atom. The molecule has 5 nitrogen and oxygen atoms in total. The van der Waals surface area contributed by atoms with Gasteiger partial charge in [-0.2, -0.15) is 0 Å². The molecule has 2 aromatic heterocycles. The van der Waals surface area contributed by atoms with Gasteiger partial charge in [0, 0.05) is 30.8 Å². The predicted molar refractivity (Wildman–Crippen MR) is 92.7 cm³/mol. The third-order valence-corrected chi connectivity index (χ3v) is 4.97. The normalized spacial score (nSPS) is 11.0. The highest BCUT2D eigenvalue weighted by molar-refractivity contribution is 7.11. The van der Waals surface area contributed by atoms with Crippen molar-refractivity contribution in [3.05, 3.63) is 46.2 Å². The Hall–Kier alpha value is -2.21. The van der Waals surface area contributed by atoms with Crippen LogP contribution in [0.5, 0.6) is 0 Å². The van der Waals surface area contributed by atoms with E-state index in [1.54, 1.807) is 17.7 Å². The first-order chi connectivity index (χ1) is 11.1. The molecule has 0 aliphatic carbocycles. The summed E-state index contributed by atoms with van der Waals surface area (Å²) in [4.78, 5) is 22.0. The van der Waals surface area contributed by atoms with Crippen LogP contribution in [0, 0.1) is 13.8 Å². The summed E-state index contributed by atoms with van der Waals surface area (Å²) in [5, 5.41) is 4.05. The van der Waals surface area contributed by atoms with Crippen molar-refractivity contribution < 1.29 is 4.79 Å². The van der Waals surface area contributed by atoms with E-state index in [2.05, 4.69) is 22.2 Å². The van der Waals surface area contributed by atoms with Crippen molar-refractivity contribution in [1.82, 2.24) is 19.9 Å². The highest BCUT2D eigenvalue weighted by atomic mass is 32.1. The zero-order chi connectivity index (χ0) is 16.2.